The van der Waals surface area contributed by atoms with Gasteiger partial charge in [-0.3, -0.25) is 4.79 Å². The molecule has 0 unspecified atom stereocenters. The fourth-order valence-electron chi connectivity index (χ4n) is 3.19. The Labute approximate surface area is 183 Å². The zero-order valence-corrected chi connectivity index (χ0v) is 18.3. The van der Waals surface area contributed by atoms with Gasteiger partial charge in [-0.1, -0.05) is 30.3 Å². The molecule has 30 heavy (non-hydrogen) atoms. The van der Waals surface area contributed by atoms with Gasteiger partial charge >= 0.3 is 0 Å². The molecule has 0 N–H and O–H groups in total. The first-order valence-corrected chi connectivity index (χ1v) is 11.1. The zero-order chi connectivity index (χ0) is 20.9. The molecule has 0 saturated heterocycles. The molecule has 0 spiro atoms. The number of thiophene rings is 2. The second-order valence-corrected chi connectivity index (χ2v) is 8.42. The second-order valence-electron chi connectivity index (χ2n) is 6.52. The van der Waals surface area contributed by atoms with E-state index >= 15 is 0 Å². The van der Waals surface area contributed by atoms with E-state index in [0.29, 0.717) is 11.3 Å². The molecule has 150 valence electrons. The number of benzene rings is 2. The summed E-state index contributed by atoms with van der Waals surface area (Å²) in [5.41, 5.74) is 3.51. The number of methoxy groups -OCH3 is 2. The Morgan fingerprint density at radius 1 is 0.800 bits per heavy atom. The van der Waals surface area contributed by atoms with Crippen LogP contribution in [-0.2, 0) is 0 Å². The summed E-state index contributed by atoms with van der Waals surface area (Å²) in [4.78, 5) is 15.2. The number of hydrogen-bond acceptors (Lipinski definition) is 5. The van der Waals surface area contributed by atoms with E-state index in [1.807, 2.05) is 65.4 Å². The van der Waals surface area contributed by atoms with E-state index in [-0.39, 0.29) is 5.78 Å². The third-order valence-electron chi connectivity index (χ3n) is 4.73. The van der Waals surface area contributed by atoms with E-state index in [1.54, 1.807) is 49.0 Å². The predicted molar refractivity (Wildman–Crippen MR) is 126 cm³/mol. The van der Waals surface area contributed by atoms with Crippen LogP contribution < -0.4 is 9.47 Å². The summed E-state index contributed by atoms with van der Waals surface area (Å²) in [6.07, 6.45) is 3.34. The quantitative estimate of drug-likeness (QED) is 0.232. The van der Waals surface area contributed by atoms with Crippen LogP contribution >= 0.6 is 22.7 Å². The minimum atomic E-state index is -0.117. The molecule has 2 aromatic heterocycles. The lowest BCUT2D eigenvalue weighted by Crippen LogP contribution is -1.99. The number of ether oxygens (including phenoxy) is 2. The van der Waals surface area contributed by atoms with Crippen LogP contribution in [-0.4, -0.2) is 20.0 Å². The third kappa shape index (κ3) is 4.22. The van der Waals surface area contributed by atoms with Crippen molar-refractivity contribution in [2.45, 2.75) is 0 Å². The van der Waals surface area contributed by atoms with Gasteiger partial charge in [0.05, 0.1) is 19.8 Å². The summed E-state index contributed by atoms with van der Waals surface area (Å²) in [5, 5.41) is 4.08. The van der Waals surface area contributed by atoms with E-state index < -0.39 is 0 Å². The van der Waals surface area contributed by atoms with Gasteiger partial charge in [-0.15, -0.1) is 22.7 Å². The fourth-order valence-corrected chi connectivity index (χ4v) is 4.64. The van der Waals surface area contributed by atoms with Gasteiger partial charge in [-0.2, -0.15) is 0 Å². The van der Waals surface area contributed by atoms with Crippen LogP contribution in [0.15, 0.2) is 77.5 Å². The third-order valence-corrected chi connectivity index (χ3v) is 6.56. The van der Waals surface area contributed by atoms with Crippen molar-refractivity contribution in [1.82, 2.24) is 0 Å². The number of carbonyl (C=O) groups is 1. The molecule has 0 saturated carbocycles. The molecule has 0 aliphatic carbocycles. The molecule has 0 amide bonds. The Morgan fingerprint density at radius 3 is 1.97 bits per heavy atom. The van der Waals surface area contributed by atoms with Crippen molar-refractivity contribution in [2.75, 3.05) is 14.2 Å². The standard InChI is InChI=1S/C25H20O3S2/c1-27-22-15-18(24-5-3-13-29-24)8-7-17(22)10-12-21(26)20-11-9-19(16-23(20)28-2)25-6-4-14-30-25/h3-16H,1-2H3. The molecule has 2 heterocycles. The minimum absolute atomic E-state index is 0.117. The molecule has 0 aliphatic heterocycles. The van der Waals surface area contributed by atoms with Gasteiger partial charge in [0.2, 0.25) is 0 Å². The zero-order valence-electron chi connectivity index (χ0n) is 16.6. The lowest BCUT2D eigenvalue weighted by molar-refractivity contribution is 0.104. The van der Waals surface area contributed by atoms with Gasteiger partial charge in [-0.25, -0.2) is 0 Å². The highest BCUT2D eigenvalue weighted by Crippen LogP contribution is 2.32. The first-order valence-electron chi connectivity index (χ1n) is 9.36. The molecule has 4 rings (SSSR count). The highest BCUT2D eigenvalue weighted by molar-refractivity contribution is 7.13. The van der Waals surface area contributed by atoms with Crippen LogP contribution in [0, 0.1) is 0 Å². The Hall–Kier alpha value is -3.15. The highest BCUT2D eigenvalue weighted by Gasteiger charge is 2.12. The van der Waals surface area contributed by atoms with Crippen LogP contribution in [0.25, 0.3) is 27.0 Å². The number of rotatable bonds is 7. The first kappa shape index (κ1) is 20.1. The minimum Gasteiger partial charge on any atom is -0.496 e. The number of ketones is 1. The Balaban J connectivity index is 1.59. The van der Waals surface area contributed by atoms with E-state index in [2.05, 4.69) is 6.07 Å². The lowest BCUT2D eigenvalue weighted by Gasteiger charge is -2.09. The van der Waals surface area contributed by atoms with Crippen LogP contribution in [0.4, 0.5) is 0 Å². The summed E-state index contributed by atoms with van der Waals surface area (Å²) < 4.78 is 11.0. The van der Waals surface area contributed by atoms with Crippen molar-refractivity contribution in [3.63, 3.8) is 0 Å². The molecule has 0 bridgehead atoms. The number of carbonyl (C=O) groups excluding carboxylic acids is 1. The topological polar surface area (TPSA) is 35.5 Å². The van der Waals surface area contributed by atoms with Crippen molar-refractivity contribution in [2.24, 2.45) is 0 Å². The van der Waals surface area contributed by atoms with E-state index in [1.165, 1.54) is 4.88 Å². The molecular weight excluding hydrogens is 412 g/mol. The molecule has 0 aliphatic rings. The van der Waals surface area contributed by atoms with Crippen molar-refractivity contribution in [1.29, 1.82) is 0 Å². The Morgan fingerprint density at radius 2 is 1.40 bits per heavy atom. The van der Waals surface area contributed by atoms with Crippen LogP contribution in [0.1, 0.15) is 15.9 Å². The number of allylic oxidation sites excluding steroid dienone is 1. The Bertz CT molecular complexity index is 1170. The SMILES string of the molecule is COc1cc(-c2cccs2)ccc1C=CC(=O)c1ccc(-c2cccs2)cc1OC. The predicted octanol–water partition coefficient (Wildman–Crippen LogP) is 7.06. The summed E-state index contributed by atoms with van der Waals surface area (Å²) in [7, 11) is 3.22. The van der Waals surface area contributed by atoms with Crippen molar-refractivity contribution >= 4 is 34.5 Å². The summed E-state index contributed by atoms with van der Waals surface area (Å²) in [5.74, 6) is 1.18. The lowest BCUT2D eigenvalue weighted by atomic mass is 10.0. The smallest absolute Gasteiger partial charge is 0.189 e. The maximum atomic E-state index is 12.8. The van der Waals surface area contributed by atoms with Crippen LogP contribution in [0.3, 0.4) is 0 Å². The maximum Gasteiger partial charge on any atom is 0.189 e. The van der Waals surface area contributed by atoms with E-state index in [4.69, 9.17) is 9.47 Å². The molecule has 3 nitrogen and oxygen atoms in total. The average Bonchev–Trinajstić information content (AvgIpc) is 3.51. The molecule has 0 radical (unpaired) electrons. The average molecular weight is 433 g/mol. The normalized spacial score (nSPS) is 11.0. The molecule has 4 aromatic rings. The van der Waals surface area contributed by atoms with Crippen molar-refractivity contribution in [3.8, 4) is 32.4 Å². The molecule has 0 atom stereocenters. The maximum absolute atomic E-state index is 12.8. The second kappa shape index (κ2) is 9.11. The summed E-state index contributed by atoms with van der Waals surface area (Å²) >= 11 is 3.33. The molecule has 0 fully saturated rings. The van der Waals surface area contributed by atoms with Crippen LogP contribution in [0.2, 0.25) is 0 Å². The van der Waals surface area contributed by atoms with Crippen molar-refractivity contribution < 1.29 is 14.3 Å². The largest absolute Gasteiger partial charge is 0.496 e. The monoisotopic (exact) mass is 432 g/mol. The van der Waals surface area contributed by atoms with Gasteiger partial charge in [0.15, 0.2) is 5.78 Å². The van der Waals surface area contributed by atoms with Gasteiger partial charge in [0.1, 0.15) is 11.5 Å². The fraction of sp³-hybridized carbons (Fsp3) is 0.0800. The summed E-state index contributed by atoms with van der Waals surface area (Å²) in [6, 6.07) is 19.8. The van der Waals surface area contributed by atoms with Gasteiger partial charge in [0.25, 0.3) is 0 Å². The van der Waals surface area contributed by atoms with Crippen molar-refractivity contribution in [3.05, 3.63) is 88.6 Å². The van der Waals surface area contributed by atoms with E-state index in [0.717, 1.165) is 27.3 Å². The van der Waals surface area contributed by atoms with Gasteiger partial charge in [0, 0.05) is 15.3 Å². The molecule has 2 aromatic carbocycles. The molecule has 5 heteroatoms. The first-order chi connectivity index (χ1) is 14.7. The van der Waals surface area contributed by atoms with Gasteiger partial charge < -0.3 is 9.47 Å². The Kier molecular flexibility index (Phi) is 6.12. The van der Waals surface area contributed by atoms with E-state index in [9.17, 15) is 4.79 Å². The van der Waals surface area contributed by atoms with Crippen LogP contribution in [0.5, 0.6) is 11.5 Å². The number of hydrogen-bond donors (Lipinski definition) is 0. The summed E-state index contributed by atoms with van der Waals surface area (Å²) in [6.45, 7) is 0. The van der Waals surface area contributed by atoms with Gasteiger partial charge in [-0.05, 0) is 64.4 Å². The highest BCUT2D eigenvalue weighted by atomic mass is 32.1. The molecular formula is C25H20O3S2.